The molecule has 0 aromatic carbocycles. The van der Waals surface area contributed by atoms with Crippen molar-refractivity contribution in [3.8, 4) is 0 Å². The van der Waals surface area contributed by atoms with Crippen LogP contribution in [0.2, 0.25) is 5.02 Å². The minimum absolute atomic E-state index is 0.128. The third kappa shape index (κ3) is 4.44. The summed E-state index contributed by atoms with van der Waals surface area (Å²) in [4.78, 5) is 18.4. The summed E-state index contributed by atoms with van der Waals surface area (Å²) < 4.78 is 5.07. The van der Waals surface area contributed by atoms with Gasteiger partial charge in [-0.05, 0) is 25.0 Å². The van der Waals surface area contributed by atoms with E-state index in [2.05, 4.69) is 15.2 Å². The molecule has 0 bridgehead atoms. The highest BCUT2D eigenvalue weighted by Crippen LogP contribution is 2.11. The maximum Gasteiger partial charge on any atom is 0.270 e. The molecule has 1 amide bonds. The van der Waals surface area contributed by atoms with E-state index in [1.54, 1.807) is 19.2 Å². The molecule has 2 rings (SSSR count). The summed E-state index contributed by atoms with van der Waals surface area (Å²) in [7, 11) is 1.71. The van der Waals surface area contributed by atoms with Crippen LogP contribution >= 0.6 is 11.6 Å². The highest BCUT2D eigenvalue weighted by Gasteiger charge is 2.21. The molecule has 0 aliphatic carbocycles. The van der Waals surface area contributed by atoms with E-state index in [0.29, 0.717) is 10.7 Å². The van der Waals surface area contributed by atoms with Crippen LogP contribution in [0.3, 0.4) is 0 Å². The fourth-order valence-electron chi connectivity index (χ4n) is 2.29. The molecule has 1 fully saturated rings. The van der Waals surface area contributed by atoms with Crippen molar-refractivity contribution in [2.24, 2.45) is 0 Å². The number of likely N-dealkylation sites (tertiary alicyclic amines) is 1. The van der Waals surface area contributed by atoms with Crippen molar-refractivity contribution in [1.82, 2.24) is 15.2 Å². The van der Waals surface area contributed by atoms with Gasteiger partial charge in [0.25, 0.3) is 5.91 Å². The molecule has 1 aromatic heterocycles. The van der Waals surface area contributed by atoms with E-state index in [4.69, 9.17) is 16.3 Å². The van der Waals surface area contributed by atoms with Crippen molar-refractivity contribution in [3.63, 3.8) is 0 Å². The molecule has 2 heterocycles. The van der Waals surface area contributed by atoms with Gasteiger partial charge in [0.15, 0.2) is 0 Å². The Kier molecular flexibility index (Phi) is 5.76. The van der Waals surface area contributed by atoms with Crippen molar-refractivity contribution >= 4 is 17.5 Å². The molecular formula is C14H20ClN3O2. The predicted molar refractivity (Wildman–Crippen MR) is 78.1 cm³/mol. The molecule has 20 heavy (non-hydrogen) atoms. The first-order valence-electron chi connectivity index (χ1n) is 6.83. The standard InChI is InChI=1S/C14H20ClN3O2/c1-20-9-8-18-6-4-12(5-7-18)17-14(19)13-3-2-11(15)10-16-13/h2-3,10,12H,4-9H2,1H3,(H,17,19). The van der Waals surface area contributed by atoms with Gasteiger partial charge in [0.1, 0.15) is 5.69 Å². The maximum atomic E-state index is 12.0. The van der Waals surface area contributed by atoms with Crippen LogP contribution < -0.4 is 5.32 Å². The lowest BCUT2D eigenvalue weighted by atomic mass is 10.0. The number of pyridine rings is 1. The lowest BCUT2D eigenvalue weighted by Crippen LogP contribution is -2.45. The third-order valence-electron chi connectivity index (χ3n) is 3.49. The van der Waals surface area contributed by atoms with Crippen LogP contribution in [0.15, 0.2) is 18.3 Å². The van der Waals surface area contributed by atoms with E-state index in [9.17, 15) is 4.79 Å². The number of nitrogens with zero attached hydrogens (tertiary/aromatic N) is 2. The topological polar surface area (TPSA) is 54.5 Å². The Hall–Kier alpha value is -1.17. The lowest BCUT2D eigenvalue weighted by Gasteiger charge is -2.32. The van der Waals surface area contributed by atoms with Gasteiger partial charge in [-0.1, -0.05) is 11.6 Å². The van der Waals surface area contributed by atoms with Crippen LogP contribution in [0.5, 0.6) is 0 Å². The summed E-state index contributed by atoms with van der Waals surface area (Å²) in [5.74, 6) is -0.128. The van der Waals surface area contributed by atoms with Crippen LogP contribution in [0.4, 0.5) is 0 Å². The summed E-state index contributed by atoms with van der Waals surface area (Å²) in [6, 6.07) is 3.54. The lowest BCUT2D eigenvalue weighted by molar-refractivity contribution is 0.0888. The molecule has 1 aliphatic rings. The molecule has 0 saturated carbocycles. The Morgan fingerprint density at radius 3 is 2.85 bits per heavy atom. The monoisotopic (exact) mass is 297 g/mol. The molecule has 0 unspecified atom stereocenters. The van der Waals surface area contributed by atoms with E-state index < -0.39 is 0 Å². The van der Waals surface area contributed by atoms with Gasteiger partial charge in [-0.25, -0.2) is 4.98 Å². The normalized spacial score (nSPS) is 17.1. The van der Waals surface area contributed by atoms with Crippen molar-refractivity contribution in [1.29, 1.82) is 0 Å². The number of piperidine rings is 1. The molecule has 6 heteroatoms. The van der Waals surface area contributed by atoms with Crippen molar-refractivity contribution in [2.45, 2.75) is 18.9 Å². The van der Waals surface area contributed by atoms with Crippen LogP contribution in [-0.4, -0.2) is 55.2 Å². The molecular weight excluding hydrogens is 278 g/mol. The van der Waals surface area contributed by atoms with Crippen LogP contribution in [0.25, 0.3) is 0 Å². The molecule has 0 atom stereocenters. The number of halogens is 1. The first-order valence-corrected chi connectivity index (χ1v) is 7.20. The number of aromatic nitrogens is 1. The molecule has 1 aliphatic heterocycles. The summed E-state index contributed by atoms with van der Waals surface area (Å²) >= 11 is 5.76. The van der Waals surface area contributed by atoms with E-state index >= 15 is 0 Å². The van der Waals surface area contributed by atoms with Crippen molar-refractivity contribution in [2.75, 3.05) is 33.4 Å². The highest BCUT2D eigenvalue weighted by molar-refractivity contribution is 6.30. The summed E-state index contributed by atoms with van der Waals surface area (Å²) in [5, 5.41) is 3.56. The second-order valence-electron chi connectivity index (χ2n) is 4.94. The van der Waals surface area contributed by atoms with Gasteiger partial charge in [-0.2, -0.15) is 0 Å². The second-order valence-corrected chi connectivity index (χ2v) is 5.38. The maximum absolute atomic E-state index is 12.0. The number of nitrogens with one attached hydrogen (secondary N) is 1. The molecule has 0 radical (unpaired) electrons. The van der Waals surface area contributed by atoms with Gasteiger partial charge < -0.3 is 15.0 Å². The van der Waals surface area contributed by atoms with E-state index in [0.717, 1.165) is 39.1 Å². The Balaban J connectivity index is 1.77. The number of methoxy groups -OCH3 is 1. The largest absolute Gasteiger partial charge is 0.383 e. The SMILES string of the molecule is COCCN1CCC(NC(=O)c2ccc(Cl)cn2)CC1. The zero-order valence-electron chi connectivity index (χ0n) is 11.6. The molecule has 1 aromatic rings. The minimum Gasteiger partial charge on any atom is -0.383 e. The Bertz CT molecular complexity index is 431. The second kappa shape index (κ2) is 7.57. The molecule has 0 spiro atoms. The average molecular weight is 298 g/mol. The fraction of sp³-hybridized carbons (Fsp3) is 0.571. The third-order valence-corrected chi connectivity index (χ3v) is 3.72. The van der Waals surface area contributed by atoms with Gasteiger partial charge in [-0.3, -0.25) is 4.79 Å². The number of hydrogen-bond donors (Lipinski definition) is 1. The van der Waals surface area contributed by atoms with Crippen LogP contribution in [0, 0.1) is 0 Å². The zero-order chi connectivity index (χ0) is 14.4. The number of rotatable bonds is 5. The Morgan fingerprint density at radius 2 is 2.25 bits per heavy atom. The smallest absolute Gasteiger partial charge is 0.270 e. The van der Waals surface area contributed by atoms with Crippen molar-refractivity contribution < 1.29 is 9.53 Å². The molecule has 5 nitrogen and oxygen atoms in total. The number of carbonyl (C=O) groups excluding carboxylic acids is 1. The van der Waals surface area contributed by atoms with Gasteiger partial charge in [0.2, 0.25) is 0 Å². The quantitative estimate of drug-likeness (QED) is 0.896. The van der Waals surface area contributed by atoms with E-state index in [1.807, 2.05) is 0 Å². The van der Waals surface area contributed by atoms with Gasteiger partial charge in [0, 0.05) is 39.0 Å². The first-order chi connectivity index (χ1) is 9.69. The number of carbonyl (C=O) groups is 1. The summed E-state index contributed by atoms with van der Waals surface area (Å²) in [6.07, 6.45) is 3.41. The van der Waals surface area contributed by atoms with Crippen molar-refractivity contribution in [3.05, 3.63) is 29.0 Å². The van der Waals surface area contributed by atoms with E-state index in [-0.39, 0.29) is 11.9 Å². The minimum atomic E-state index is -0.128. The summed E-state index contributed by atoms with van der Waals surface area (Å²) in [6.45, 7) is 3.69. The highest BCUT2D eigenvalue weighted by atomic mass is 35.5. The van der Waals surface area contributed by atoms with Crippen LogP contribution in [0.1, 0.15) is 23.3 Å². The Morgan fingerprint density at radius 1 is 1.50 bits per heavy atom. The number of hydrogen-bond acceptors (Lipinski definition) is 4. The summed E-state index contributed by atoms with van der Waals surface area (Å²) in [5.41, 5.74) is 0.413. The predicted octanol–water partition coefficient (Wildman–Crippen LogP) is 1.58. The molecule has 110 valence electrons. The average Bonchev–Trinajstić information content (AvgIpc) is 2.47. The number of ether oxygens (including phenoxy) is 1. The first kappa shape index (κ1) is 15.2. The molecule has 1 saturated heterocycles. The van der Waals surface area contributed by atoms with E-state index in [1.165, 1.54) is 6.20 Å². The Labute approximate surface area is 124 Å². The van der Waals surface area contributed by atoms with Gasteiger partial charge >= 0.3 is 0 Å². The molecule has 1 N–H and O–H groups in total. The number of amides is 1. The van der Waals surface area contributed by atoms with Gasteiger partial charge in [-0.15, -0.1) is 0 Å². The van der Waals surface area contributed by atoms with Crippen LogP contribution in [-0.2, 0) is 4.74 Å². The zero-order valence-corrected chi connectivity index (χ0v) is 12.4. The van der Waals surface area contributed by atoms with Gasteiger partial charge in [0.05, 0.1) is 11.6 Å². The fourth-order valence-corrected chi connectivity index (χ4v) is 2.40.